The molecule has 2 rings (SSSR count). The van der Waals surface area contributed by atoms with Gasteiger partial charge >= 0.3 is 5.97 Å². The monoisotopic (exact) mass is 330 g/mol. The summed E-state index contributed by atoms with van der Waals surface area (Å²) in [6.45, 7) is 0.119. The van der Waals surface area contributed by atoms with Crippen LogP contribution in [0.2, 0.25) is 5.02 Å². The molecule has 0 saturated heterocycles. The van der Waals surface area contributed by atoms with Gasteiger partial charge in [-0.1, -0.05) is 11.6 Å². The summed E-state index contributed by atoms with van der Waals surface area (Å²) in [7, 11) is 0. The molecule has 1 N–H and O–H groups in total. The number of ether oxygens (including phenoxy) is 1. The minimum absolute atomic E-state index is 0.0197. The summed E-state index contributed by atoms with van der Waals surface area (Å²) in [6.07, 6.45) is 1.53. The van der Waals surface area contributed by atoms with Gasteiger partial charge < -0.3 is 9.84 Å². The predicted molar refractivity (Wildman–Crippen MR) is 69.0 cm³/mol. The number of aromatic carboxylic acids is 1. The van der Waals surface area contributed by atoms with Gasteiger partial charge in [0.2, 0.25) is 0 Å². The molecule has 5 nitrogen and oxygen atoms in total. The topological polar surface area (TPSA) is 64.3 Å². The van der Waals surface area contributed by atoms with Crippen LogP contribution in [-0.4, -0.2) is 20.9 Å². The Morgan fingerprint density at radius 3 is 2.89 bits per heavy atom. The highest BCUT2D eigenvalue weighted by atomic mass is 79.9. The lowest BCUT2D eigenvalue weighted by Gasteiger charge is -2.08. The third-order valence-electron chi connectivity index (χ3n) is 2.11. The number of carboxylic acid groups (broad SMARTS) is 1. The van der Waals surface area contributed by atoms with Crippen LogP contribution < -0.4 is 4.74 Å². The molecule has 1 heterocycles. The van der Waals surface area contributed by atoms with E-state index in [0.29, 0.717) is 10.8 Å². The van der Waals surface area contributed by atoms with Crippen LogP contribution in [0, 0.1) is 0 Å². The van der Waals surface area contributed by atoms with E-state index in [1.54, 1.807) is 18.2 Å². The molecule has 0 bridgehead atoms. The molecule has 94 valence electrons. The maximum atomic E-state index is 10.6. The first-order valence-corrected chi connectivity index (χ1v) is 6.08. The van der Waals surface area contributed by atoms with E-state index in [0.717, 1.165) is 4.47 Å². The molecule has 0 amide bonds. The number of benzene rings is 1. The Hall–Kier alpha value is -1.53. The van der Waals surface area contributed by atoms with E-state index in [4.69, 9.17) is 21.4 Å². The zero-order chi connectivity index (χ0) is 13.1. The van der Waals surface area contributed by atoms with Crippen molar-refractivity contribution in [2.45, 2.75) is 6.73 Å². The molecule has 0 aliphatic carbocycles. The molecule has 0 atom stereocenters. The summed E-state index contributed by atoms with van der Waals surface area (Å²) < 4.78 is 7.59. The first-order chi connectivity index (χ1) is 8.56. The summed E-state index contributed by atoms with van der Waals surface area (Å²) in [5.74, 6) is -0.465. The third kappa shape index (κ3) is 3.02. The Balaban J connectivity index is 2.04. The van der Waals surface area contributed by atoms with E-state index in [2.05, 4.69) is 21.0 Å². The summed E-state index contributed by atoms with van der Waals surface area (Å²) in [6, 6.07) is 6.53. The number of halogens is 2. The molecular formula is C11H8BrClN2O3. The summed E-state index contributed by atoms with van der Waals surface area (Å²) in [4.78, 5) is 10.6. The number of hydrogen-bond donors (Lipinski definition) is 1. The second-order valence-corrected chi connectivity index (χ2v) is 4.68. The van der Waals surface area contributed by atoms with E-state index in [-0.39, 0.29) is 12.4 Å². The number of carboxylic acids is 1. The van der Waals surface area contributed by atoms with Crippen LogP contribution in [0.15, 0.2) is 34.9 Å². The molecule has 18 heavy (non-hydrogen) atoms. The van der Waals surface area contributed by atoms with Crippen LogP contribution in [0.4, 0.5) is 0 Å². The molecule has 0 saturated carbocycles. The van der Waals surface area contributed by atoms with Crippen LogP contribution >= 0.6 is 27.5 Å². The molecule has 1 aromatic carbocycles. The molecule has 0 aliphatic heterocycles. The average molecular weight is 332 g/mol. The van der Waals surface area contributed by atoms with Gasteiger partial charge in [0.1, 0.15) is 5.75 Å². The Morgan fingerprint density at radius 2 is 2.28 bits per heavy atom. The summed E-state index contributed by atoms with van der Waals surface area (Å²) in [5, 5.41) is 13.1. The Morgan fingerprint density at radius 1 is 1.50 bits per heavy atom. The zero-order valence-electron chi connectivity index (χ0n) is 9.01. The van der Waals surface area contributed by atoms with Crippen LogP contribution in [0.3, 0.4) is 0 Å². The van der Waals surface area contributed by atoms with Crippen molar-refractivity contribution < 1.29 is 14.6 Å². The Kier molecular flexibility index (Phi) is 3.88. The van der Waals surface area contributed by atoms with Crippen LogP contribution in [0.5, 0.6) is 5.75 Å². The van der Waals surface area contributed by atoms with Crippen LogP contribution in [-0.2, 0) is 6.73 Å². The smallest absolute Gasteiger partial charge is 0.356 e. The van der Waals surface area contributed by atoms with E-state index < -0.39 is 5.97 Å². The van der Waals surface area contributed by atoms with Gasteiger partial charge in [0.25, 0.3) is 0 Å². The first kappa shape index (κ1) is 12.9. The number of hydrogen-bond acceptors (Lipinski definition) is 3. The molecule has 7 heteroatoms. The highest BCUT2D eigenvalue weighted by molar-refractivity contribution is 9.10. The van der Waals surface area contributed by atoms with Crippen molar-refractivity contribution >= 4 is 33.5 Å². The van der Waals surface area contributed by atoms with E-state index in [1.807, 2.05) is 0 Å². The summed E-state index contributed by atoms with van der Waals surface area (Å²) >= 11 is 9.12. The third-order valence-corrected chi connectivity index (χ3v) is 2.96. The molecule has 0 unspecified atom stereocenters. The van der Waals surface area contributed by atoms with E-state index in [9.17, 15) is 4.79 Å². The first-order valence-electron chi connectivity index (χ1n) is 4.91. The molecule has 0 radical (unpaired) electrons. The lowest BCUT2D eigenvalue weighted by molar-refractivity contribution is 0.0688. The lowest BCUT2D eigenvalue weighted by Crippen LogP contribution is -2.07. The summed E-state index contributed by atoms with van der Waals surface area (Å²) in [5.41, 5.74) is -0.0197. The Labute approximate surface area is 116 Å². The van der Waals surface area contributed by atoms with Gasteiger partial charge in [-0.3, -0.25) is 0 Å². The van der Waals surface area contributed by atoms with Crippen molar-refractivity contribution in [3.05, 3.63) is 45.7 Å². The van der Waals surface area contributed by atoms with E-state index in [1.165, 1.54) is 16.9 Å². The number of nitrogens with zero attached hydrogens (tertiary/aromatic N) is 2. The zero-order valence-corrected chi connectivity index (χ0v) is 11.3. The van der Waals surface area contributed by atoms with Crippen molar-refractivity contribution in [3.8, 4) is 5.75 Å². The van der Waals surface area contributed by atoms with Crippen LogP contribution in [0.1, 0.15) is 10.5 Å². The normalized spacial score (nSPS) is 10.3. The number of carbonyl (C=O) groups is 1. The maximum Gasteiger partial charge on any atom is 0.356 e. The molecule has 2 aromatic rings. The van der Waals surface area contributed by atoms with E-state index >= 15 is 0 Å². The maximum absolute atomic E-state index is 10.6. The SMILES string of the molecule is O=C(O)c1ccn(COc2ccc(Cl)cc2Br)n1. The highest BCUT2D eigenvalue weighted by Crippen LogP contribution is 2.28. The standard InChI is InChI=1S/C11H8BrClN2O3/c12-8-5-7(13)1-2-10(8)18-6-15-4-3-9(14-15)11(16)17/h1-5H,6H2,(H,16,17). The quantitative estimate of drug-likeness (QED) is 0.935. The number of aromatic nitrogens is 2. The van der Waals surface area contributed by atoms with Crippen molar-refractivity contribution in [1.82, 2.24) is 9.78 Å². The number of rotatable bonds is 4. The largest absolute Gasteiger partial charge is 0.476 e. The highest BCUT2D eigenvalue weighted by Gasteiger charge is 2.07. The molecule has 0 aliphatic rings. The van der Waals surface area contributed by atoms with Gasteiger partial charge in [0, 0.05) is 11.2 Å². The second-order valence-electron chi connectivity index (χ2n) is 3.39. The fourth-order valence-electron chi connectivity index (χ4n) is 1.28. The predicted octanol–water partition coefficient (Wildman–Crippen LogP) is 3.03. The lowest BCUT2D eigenvalue weighted by atomic mass is 10.3. The second kappa shape index (κ2) is 5.41. The van der Waals surface area contributed by atoms with Gasteiger partial charge in [-0.25, -0.2) is 9.48 Å². The van der Waals surface area contributed by atoms with Crippen molar-refractivity contribution in [2.24, 2.45) is 0 Å². The Bertz CT molecular complexity index is 585. The fraction of sp³-hybridized carbons (Fsp3) is 0.0909. The molecule has 0 spiro atoms. The molecule has 0 fully saturated rings. The minimum atomic E-state index is -1.07. The van der Waals surface area contributed by atoms with Crippen LogP contribution in [0.25, 0.3) is 0 Å². The van der Waals surface area contributed by atoms with Crippen molar-refractivity contribution in [3.63, 3.8) is 0 Å². The average Bonchev–Trinajstić information content (AvgIpc) is 2.76. The molecular weight excluding hydrogens is 323 g/mol. The van der Waals surface area contributed by atoms with Gasteiger partial charge in [0.05, 0.1) is 4.47 Å². The minimum Gasteiger partial charge on any atom is -0.476 e. The van der Waals surface area contributed by atoms with Crippen molar-refractivity contribution in [2.75, 3.05) is 0 Å². The molecule has 1 aromatic heterocycles. The van der Waals surface area contributed by atoms with Gasteiger partial charge in [-0.2, -0.15) is 5.10 Å². The van der Waals surface area contributed by atoms with Gasteiger partial charge in [-0.05, 0) is 40.2 Å². The van der Waals surface area contributed by atoms with Gasteiger partial charge in [-0.15, -0.1) is 0 Å². The fourth-order valence-corrected chi connectivity index (χ4v) is 2.07. The van der Waals surface area contributed by atoms with Gasteiger partial charge in [0.15, 0.2) is 12.4 Å². The van der Waals surface area contributed by atoms with Crippen molar-refractivity contribution in [1.29, 1.82) is 0 Å².